The van der Waals surface area contributed by atoms with Crippen molar-refractivity contribution in [3.05, 3.63) is 42.4 Å². The van der Waals surface area contributed by atoms with Crippen LogP contribution in [0.4, 0.5) is 0 Å². The number of imidazole rings is 1. The van der Waals surface area contributed by atoms with Crippen LogP contribution in [-0.2, 0) is 9.59 Å². The van der Waals surface area contributed by atoms with Crippen molar-refractivity contribution in [3.63, 3.8) is 0 Å². The molecule has 2 aliphatic rings. The number of rotatable bonds is 12. The minimum Gasteiger partial charge on any atom is -0.480 e. The number of nitrogens with zero attached hydrogens (tertiary/aromatic N) is 2. The van der Waals surface area contributed by atoms with E-state index < -0.39 is 0 Å². The zero-order valence-corrected chi connectivity index (χ0v) is 22.5. The maximum atomic E-state index is 13.4. The number of para-hydroxylation sites is 1. The molecule has 38 heavy (non-hydrogen) atoms. The lowest BCUT2D eigenvalue weighted by molar-refractivity contribution is -0.124. The number of aromatic nitrogens is 3. The number of carbonyl (C=O) groups is 2. The Hall–Kier alpha value is -3.26. The number of benzene rings is 1. The second-order valence-electron chi connectivity index (χ2n) is 10.8. The van der Waals surface area contributed by atoms with Gasteiger partial charge in [0, 0.05) is 24.1 Å². The summed E-state index contributed by atoms with van der Waals surface area (Å²) in [5, 5.41) is 7.77. The Labute approximate surface area is 224 Å². The number of unbranched alkanes of at least 4 members (excludes halogenated alkanes) is 2. The summed E-state index contributed by atoms with van der Waals surface area (Å²) in [4.78, 5) is 37.9. The van der Waals surface area contributed by atoms with Gasteiger partial charge < -0.3 is 20.4 Å². The molecule has 8 nitrogen and oxygen atoms in total. The van der Waals surface area contributed by atoms with Crippen LogP contribution in [0.2, 0.25) is 0 Å². The number of Topliss-reactive ketones (excluding diaryl/α,β-unsaturated/α-hetero) is 1. The molecular weight excluding hydrogens is 478 g/mol. The molecule has 3 heterocycles. The van der Waals surface area contributed by atoms with Crippen LogP contribution < -0.4 is 15.4 Å². The standard InChI is InChI=1S/C30H39N5O3/c1-3-21(36)10-5-4-6-12-25(34-28(37)23-18-30(23)13-15-31-16-14-30)27-32-19-26(33-27)22-17-20-9-7-8-11-24(20)35-29(22)38-2/h7-9,11,17,19,23,25,31H,3-6,10,12-16,18H2,1-2H3,(H,32,33)(H,34,37)/t23?,25-/m0/s1. The van der Waals surface area contributed by atoms with Gasteiger partial charge in [-0.2, -0.15) is 0 Å². The van der Waals surface area contributed by atoms with Crippen LogP contribution in [0.1, 0.15) is 76.6 Å². The van der Waals surface area contributed by atoms with Gasteiger partial charge in [0.2, 0.25) is 11.8 Å². The van der Waals surface area contributed by atoms with Crippen molar-refractivity contribution in [1.29, 1.82) is 0 Å². The molecular formula is C30H39N5O3. The van der Waals surface area contributed by atoms with Gasteiger partial charge in [-0.1, -0.05) is 38.0 Å². The molecule has 1 aliphatic carbocycles. The SMILES string of the molecule is CCC(=O)CCCCC[C@H](NC(=O)C1CC12CCNCC2)c1ncc(-c2cc3ccccc3nc2OC)[nH]1. The molecule has 1 aromatic carbocycles. The van der Waals surface area contributed by atoms with E-state index >= 15 is 0 Å². The lowest BCUT2D eigenvalue weighted by atomic mass is 9.91. The van der Waals surface area contributed by atoms with Crippen LogP contribution in [-0.4, -0.2) is 46.8 Å². The number of hydrogen-bond acceptors (Lipinski definition) is 6. The van der Waals surface area contributed by atoms with E-state index in [-0.39, 0.29) is 23.3 Å². The topological polar surface area (TPSA) is 109 Å². The first-order chi connectivity index (χ1) is 18.5. The normalized spacial score (nSPS) is 18.8. The van der Waals surface area contributed by atoms with Gasteiger partial charge >= 0.3 is 0 Å². The van der Waals surface area contributed by atoms with Crippen LogP contribution in [0.25, 0.3) is 22.2 Å². The molecule has 3 N–H and O–H groups in total. The van der Waals surface area contributed by atoms with Gasteiger partial charge in [-0.05, 0) is 62.7 Å². The van der Waals surface area contributed by atoms with Crippen molar-refractivity contribution >= 4 is 22.6 Å². The first-order valence-corrected chi connectivity index (χ1v) is 14.0. The number of ether oxygens (including phenoxy) is 1. The highest BCUT2D eigenvalue weighted by Crippen LogP contribution is 2.58. The molecule has 2 aromatic heterocycles. The number of hydrogen-bond donors (Lipinski definition) is 3. The first-order valence-electron chi connectivity index (χ1n) is 14.0. The van der Waals surface area contributed by atoms with Crippen molar-refractivity contribution in [2.75, 3.05) is 20.2 Å². The zero-order valence-electron chi connectivity index (χ0n) is 22.5. The Kier molecular flexibility index (Phi) is 8.07. The molecule has 1 unspecified atom stereocenters. The molecule has 202 valence electrons. The second kappa shape index (κ2) is 11.6. The van der Waals surface area contributed by atoms with E-state index in [4.69, 9.17) is 9.72 Å². The molecule has 1 amide bonds. The zero-order chi connectivity index (χ0) is 26.5. The lowest BCUT2D eigenvalue weighted by Gasteiger charge is -2.24. The molecule has 8 heteroatoms. The van der Waals surface area contributed by atoms with Gasteiger partial charge in [-0.25, -0.2) is 9.97 Å². The van der Waals surface area contributed by atoms with Crippen LogP contribution >= 0.6 is 0 Å². The highest BCUT2D eigenvalue weighted by molar-refractivity contribution is 5.85. The Morgan fingerprint density at radius 1 is 1.18 bits per heavy atom. The summed E-state index contributed by atoms with van der Waals surface area (Å²) in [6.07, 6.45) is 9.67. The third kappa shape index (κ3) is 5.75. The van der Waals surface area contributed by atoms with Gasteiger partial charge in [-0.3, -0.25) is 9.59 Å². The van der Waals surface area contributed by atoms with Crippen LogP contribution in [0.15, 0.2) is 36.5 Å². The summed E-state index contributed by atoms with van der Waals surface area (Å²) >= 11 is 0. The third-order valence-corrected chi connectivity index (χ3v) is 8.36. The fourth-order valence-corrected chi connectivity index (χ4v) is 5.87. The van der Waals surface area contributed by atoms with Crippen LogP contribution in [0.5, 0.6) is 5.88 Å². The minimum atomic E-state index is -0.211. The summed E-state index contributed by atoms with van der Waals surface area (Å²) in [7, 11) is 1.62. The van der Waals surface area contributed by atoms with Gasteiger partial charge in [0.05, 0.1) is 36.1 Å². The predicted molar refractivity (Wildman–Crippen MR) is 148 cm³/mol. The van der Waals surface area contributed by atoms with Gasteiger partial charge in [-0.15, -0.1) is 0 Å². The van der Waals surface area contributed by atoms with Crippen molar-refractivity contribution < 1.29 is 14.3 Å². The number of H-pyrrole nitrogens is 1. The fraction of sp³-hybridized carbons (Fsp3) is 0.533. The van der Waals surface area contributed by atoms with Crippen LogP contribution in [0.3, 0.4) is 0 Å². The van der Waals surface area contributed by atoms with Gasteiger partial charge in [0.25, 0.3) is 0 Å². The quantitative estimate of drug-likeness (QED) is 0.288. The monoisotopic (exact) mass is 517 g/mol. The van der Waals surface area contributed by atoms with Gasteiger partial charge in [0.1, 0.15) is 11.6 Å². The van der Waals surface area contributed by atoms with Gasteiger partial charge in [0.15, 0.2) is 0 Å². The molecule has 1 saturated heterocycles. The third-order valence-electron chi connectivity index (χ3n) is 8.36. The smallest absolute Gasteiger partial charge is 0.224 e. The molecule has 0 bridgehead atoms. The summed E-state index contributed by atoms with van der Waals surface area (Å²) in [5.41, 5.74) is 2.70. The fourth-order valence-electron chi connectivity index (χ4n) is 5.87. The van der Waals surface area contributed by atoms with Crippen molar-refractivity contribution in [1.82, 2.24) is 25.6 Å². The van der Waals surface area contributed by atoms with Crippen molar-refractivity contribution in [3.8, 4) is 17.1 Å². The summed E-state index contributed by atoms with van der Waals surface area (Å²) in [5.74, 6) is 1.82. The van der Waals surface area contributed by atoms with Crippen molar-refractivity contribution in [2.45, 2.75) is 70.8 Å². The Balaban J connectivity index is 1.33. The van der Waals surface area contributed by atoms with E-state index in [2.05, 4.69) is 26.7 Å². The number of carbonyl (C=O) groups excluding carboxylic acids is 2. The number of nitrogens with one attached hydrogen (secondary N) is 3. The van der Waals surface area contributed by atoms with E-state index in [0.717, 1.165) is 86.0 Å². The first kappa shape index (κ1) is 26.4. The average molecular weight is 518 g/mol. The molecule has 5 rings (SSSR count). The van der Waals surface area contributed by atoms with E-state index in [1.165, 1.54) is 0 Å². The van der Waals surface area contributed by atoms with Crippen LogP contribution in [0, 0.1) is 11.3 Å². The number of pyridine rings is 1. The number of piperidine rings is 1. The number of aromatic amines is 1. The summed E-state index contributed by atoms with van der Waals surface area (Å²) in [6, 6.07) is 9.79. The van der Waals surface area contributed by atoms with E-state index in [9.17, 15) is 9.59 Å². The average Bonchev–Trinajstić information content (AvgIpc) is 3.40. The molecule has 2 atom stereocenters. The number of fused-ring (bicyclic) bond motifs is 1. The minimum absolute atomic E-state index is 0.0912. The highest BCUT2D eigenvalue weighted by Gasteiger charge is 2.57. The lowest BCUT2D eigenvalue weighted by Crippen LogP contribution is -2.35. The van der Waals surface area contributed by atoms with Crippen molar-refractivity contribution in [2.24, 2.45) is 11.3 Å². The Bertz CT molecular complexity index is 1280. The van der Waals surface area contributed by atoms with E-state index in [1.807, 2.05) is 31.2 Å². The molecule has 2 fully saturated rings. The number of ketones is 1. The molecule has 0 radical (unpaired) electrons. The predicted octanol–water partition coefficient (Wildman–Crippen LogP) is 5.11. The van der Waals surface area contributed by atoms with E-state index in [1.54, 1.807) is 13.3 Å². The molecule has 1 saturated carbocycles. The second-order valence-corrected chi connectivity index (χ2v) is 10.8. The summed E-state index contributed by atoms with van der Waals surface area (Å²) < 4.78 is 5.60. The molecule has 3 aromatic rings. The molecule has 1 aliphatic heterocycles. The Morgan fingerprint density at radius 2 is 2.00 bits per heavy atom. The maximum absolute atomic E-state index is 13.4. The summed E-state index contributed by atoms with van der Waals surface area (Å²) in [6.45, 7) is 3.90. The Morgan fingerprint density at radius 3 is 2.79 bits per heavy atom. The largest absolute Gasteiger partial charge is 0.480 e. The maximum Gasteiger partial charge on any atom is 0.224 e. The highest BCUT2D eigenvalue weighted by atomic mass is 16.5. The van der Waals surface area contributed by atoms with E-state index in [0.29, 0.717) is 24.5 Å². The number of methoxy groups -OCH3 is 1. The molecule has 1 spiro atoms. The number of amides is 1.